The number of carboxylic acid groups (broad SMARTS) is 1. The van der Waals surface area contributed by atoms with E-state index in [0.29, 0.717) is 29.5 Å². The maximum Gasteiger partial charge on any atom is 0.316 e. The molecule has 0 spiro atoms. The van der Waals surface area contributed by atoms with Gasteiger partial charge in [-0.3, -0.25) is 9.36 Å². The van der Waals surface area contributed by atoms with Crippen LogP contribution in [-0.2, 0) is 10.2 Å². The van der Waals surface area contributed by atoms with Crippen molar-refractivity contribution in [1.29, 1.82) is 0 Å². The van der Waals surface area contributed by atoms with Crippen LogP contribution in [0.5, 0.6) is 0 Å². The van der Waals surface area contributed by atoms with Gasteiger partial charge >= 0.3 is 5.97 Å². The molecule has 1 saturated carbocycles. The van der Waals surface area contributed by atoms with E-state index in [1.807, 2.05) is 0 Å². The molecule has 0 aliphatic heterocycles. The minimum absolute atomic E-state index is 0.107. The summed E-state index contributed by atoms with van der Waals surface area (Å²) in [5.41, 5.74) is 5.23. The third-order valence-corrected chi connectivity index (χ3v) is 4.48. The molecule has 0 radical (unpaired) electrons. The number of halogens is 1. The van der Waals surface area contributed by atoms with Gasteiger partial charge < -0.3 is 10.8 Å². The first-order valence-corrected chi connectivity index (χ1v) is 7.55. The second-order valence-corrected chi connectivity index (χ2v) is 6.05. The molecule has 1 aliphatic rings. The van der Waals surface area contributed by atoms with Crippen LogP contribution in [-0.4, -0.2) is 32.2 Å². The van der Waals surface area contributed by atoms with Gasteiger partial charge in [0.25, 0.3) is 0 Å². The Labute approximate surface area is 132 Å². The molecule has 2 atom stereocenters. The zero-order valence-corrected chi connectivity index (χ0v) is 12.7. The van der Waals surface area contributed by atoms with E-state index in [1.54, 1.807) is 35.4 Å². The maximum atomic E-state index is 11.7. The van der Waals surface area contributed by atoms with Crippen molar-refractivity contribution in [3.8, 4) is 5.82 Å². The van der Waals surface area contributed by atoms with Crippen molar-refractivity contribution in [2.24, 2.45) is 11.7 Å². The average Bonchev–Trinajstić information content (AvgIpc) is 3.04. The van der Waals surface area contributed by atoms with Gasteiger partial charge in [0.2, 0.25) is 0 Å². The number of aromatic nitrogens is 3. The average molecular weight is 321 g/mol. The van der Waals surface area contributed by atoms with E-state index in [0.717, 1.165) is 12.8 Å². The van der Waals surface area contributed by atoms with Crippen LogP contribution >= 0.6 is 11.6 Å². The first-order valence-electron chi connectivity index (χ1n) is 7.18. The predicted molar refractivity (Wildman–Crippen MR) is 82.1 cm³/mol. The number of rotatable bonds is 6. The van der Waals surface area contributed by atoms with Gasteiger partial charge in [-0.1, -0.05) is 11.6 Å². The molecule has 22 heavy (non-hydrogen) atoms. The summed E-state index contributed by atoms with van der Waals surface area (Å²) in [5.74, 6) is -0.0539. The number of carbonyl (C=O) groups is 1. The number of imidazole rings is 1. The highest BCUT2D eigenvalue weighted by Gasteiger charge is 2.62. The standard InChI is InChI=1S/C15H17ClN4O2/c16-11-3-4-13(18-7-11)20-8-12(19-9-20)15(14(21)22)6-10(15)2-1-5-17/h3-4,7-10H,1-2,5-6,17H2,(H,21,22). The van der Waals surface area contributed by atoms with Crippen LogP contribution in [0.4, 0.5) is 0 Å². The van der Waals surface area contributed by atoms with Crippen LogP contribution in [0.2, 0.25) is 5.02 Å². The number of nitrogens with zero attached hydrogens (tertiary/aromatic N) is 3. The zero-order valence-electron chi connectivity index (χ0n) is 11.9. The molecule has 3 N–H and O–H groups in total. The molecular weight excluding hydrogens is 304 g/mol. The smallest absolute Gasteiger partial charge is 0.316 e. The molecule has 0 amide bonds. The van der Waals surface area contributed by atoms with Crippen molar-refractivity contribution >= 4 is 17.6 Å². The number of aliphatic carboxylic acids is 1. The van der Waals surface area contributed by atoms with Crippen molar-refractivity contribution in [3.05, 3.63) is 41.6 Å². The lowest BCUT2D eigenvalue weighted by Gasteiger charge is -2.09. The molecule has 3 rings (SSSR count). The fourth-order valence-electron chi connectivity index (χ4n) is 2.93. The first kappa shape index (κ1) is 15.0. The molecule has 1 fully saturated rings. The number of carboxylic acids is 1. The van der Waals surface area contributed by atoms with Crippen molar-refractivity contribution in [2.45, 2.75) is 24.7 Å². The van der Waals surface area contributed by atoms with Gasteiger partial charge in [-0.15, -0.1) is 0 Å². The Hall–Kier alpha value is -1.92. The van der Waals surface area contributed by atoms with Crippen LogP contribution in [0.1, 0.15) is 25.0 Å². The molecular formula is C15H17ClN4O2. The van der Waals surface area contributed by atoms with E-state index in [4.69, 9.17) is 17.3 Å². The van der Waals surface area contributed by atoms with Crippen molar-refractivity contribution in [3.63, 3.8) is 0 Å². The van der Waals surface area contributed by atoms with Crippen molar-refractivity contribution in [1.82, 2.24) is 14.5 Å². The Morgan fingerprint density at radius 3 is 2.95 bits per heavy atom. The fourth-order valence-corrected chi connectivity index (χ4v) is 3.04. The van der Waals surface area contributed by atoms with Gasteiger partial charge in [-0.2, -0.15) is 0 Å². The van der Waals surface area contributed by atoms with E-state index < -0.39 is 11.4 Å². The molecule has 2 unspecified atom stereocenters. The van der Waals surface area contributed by atoms with Crippen LogP contribution < -0.4 is 5.73 Å². The van der Waals surface area contributed by atoms with Crippen molar-refractivity contribution < 1.29 is 9.90 Å². The van der Waals surface area contributed by atoms with Gasteiger partial charge in [0.05, 0.1) is 10.7 Å². The lowest BCUT2D eigenvalue weighted by Crippen LogP contribution is -2.23. The summed E-state index contributed by atoms with van der Waals surface area (Å²) < 4.78 is 1.72. The van der Waals surface area contributed by atoms with Crippen LogP contribution in [0, 0.1) is 5.92 Å². The van der Waals surface area contributed by atoms with E-state index in [-0.39, 0.29) is 5.92 Å². The molecule has 1 aliphatic carbocycles. The molecule has 116 valence electrons. The molecule has 0 saturated heterocycles. The monoisotopic (exact) mass is 320 g/mol. The minimum atomic E-state index is -0.868. The van der Waals surface area contributed by atoms with Gasteiger partial charge in [-0.25, -0.2) is 9.97 Å². The zero-order chi connectivity index (χ0) is 15.7. The van der Waals surface area contributed by atoms with E-state index in [2.05, 4.69) is 9.97 Å². The topological polar surface area (TPSA) is 94.0 Å². The Balaban J connectivity index is 1.86. The van der Waals surface area contributed by atoms with Crippen LogP contribution in [0.25, 0.3) is 5.82 Å². The Morgan fingerprint density at radius 2 is 2.32 bits per heavy atom. The number of hydrogen-bond acceptors (Lipinski definition) is 4. The fraction of sp³-hybridized carbons (Fsp3) is 0.400. The van der Waals surface area contributed by atoms with Crippen molar-refractivity contribution in [2.75, 3.05) is 6.54 Å². The normalized spacial score (nSPS) is 23.5. The summed E-state index contributed by atoms with van der Waals surface area (Å²) in [6.45, 7) is 0.579. The van der Waals surface area contributed by atoms with Crippen LogP contribution in [0.15, 0.2) is 30.9 Å². The lowest BCUT2D eigenvalue weighted by atomic mass is 9.98. The number of pyridine rings is 1. The first-order chi connectivity index (χ1) is 10.6. The highest BCUT2D eigenvalue weighted by atomic mass is 35.5. The SMILES string of the molecule is NCCCC1CC1(C(=O)O)c1cn(-c2ccc(Cl)cn2)cn1. The summed E-state index contributed by atoms with van der Waals surface area (Å²) in [4.78, 5) is 20.2. The second kappa shape index (κ2) is 5.70. The molecule has 2 aromatic rings. The lowest BCUT2D eigenvalue weighted by molar-refractivity contribution is -0.140. The number of hydrogen-bond donors (Lipinski definition) is 2. The van der Waals surface area contributed by atoms with E-state index >= 15 is 0 Å². The third-order valence-electron chi connectivity index (χ3n) is 4.26. The Kier molecular flexibility index (Phi) is 3.88. The van der Waals surface area contributed by atoms with E-state index in [9.17, 15) is 9.90 Å². The molecule has 6 nitrogen and oxygen atoms in total. The summed E-state index contributed by atoms with van der Waals surface area (Å²) >= 11 is 5.82. The summed E-state index contributed by atoms with van der Waals surface area (Å²) in [6, 6.07) is 3.50. The largest absolute Gasteiger partial charge is 0.481 e. The maximum absolute atomic E-state index is 11.7. The molecule has 7 heteroatoms. The van der Waals surface area contributed by atoms with Gasteiger partial charge in [0.15, 0.2) is 0 Å². The third kappa shape index (κ3) is 2.48. The summed E-state index contributed by atoms with van der Waals surface area (Å²) in [5, 5.41) is 10.2. The van der Waals surface area contributed by atoms with Gasteiger partial charge in [-0.05, 0) is 43.9 Å². The summed E-state index contributed by atoms with van der Waals surface area (Å²) in [6.07, 6.45) is 7.15. The highest BCUT2D eigenvalue weighted by Crippen LogP contribution is 2.56. The predicted octanol–water partition coefficient (Wildman–Crippen LogP) is 2.00. The number of nitrogens with two attached hydrogens (primary N) is 1. The molecule has 2 aromatic heterocycles. The second-order valence-electron chi connectivity index (χ2n) is 5.61. The van der Waals surface area contributed by atoms with Crippen LogP contribution in [0.3, 0.4) is 0 Å². The Morgan fingerprint density at radius 1 is 1.50 bits per heavy atom. The van der Waals surface area contributed by atoms with Gasteiger partial charge in [0.1, 0.15) is 17.6 Å². The van der Waals surface area contributed by atoms with E-state index in [1.165, 1.54) is 0 Å². The highest BCUT2D eigenvalue weighted by molar-refractivity contribution is 6.30. The summed E-state index contributed by atoms with van der Waals surface area (Å²) in [7, 11) is 0. The van der Waals surface area contributed by atoms with Gasteiger partial charge in [0, 0.05) is 12.4 Å². The quantitative estimate of drug-likeness (QED) is 0.849. The minimum Gasteiger partial charge on any atom is -0.481 e. The molecule has 2 heterocycles. The molecule has 0 bridgehead atoms. The Bertz CT molecular complexity index is 685. The molecule has 0 aromatic carbocycles.